The summed E-state index contributed by atoms with van der Waals surface area (Å²) in [5, 5.41) is 12.5. The summed E-state index contributed by atoms with van der Waals surface area (Å²) in [6.45, 7) is 1.93. The Morgan fingerprint density at radius 3 is 2.61 bits per heavy atom. The third-order valence-electron chi connectivity index (χ3n) is 2.60. The number of rotatable bonds is 4. The quantitative estimate of drug-likeness (QED) is 0.866. The second kappa shape index (κ2) is 5.51. The molecule has 0 aliphatic carbocycles. The molecule has 4 heteroatoms. The molecule has 0 radical (unpaired) electrons. The molecule has 1 aromatic heterocycles. The van der Waals surface area contributed by atoms with E-state index in [0.29, 0.717) is 5.76 Å². The Morgan fingerprint density at radius 1 is 1.28 bits per heavy atom. The van der Waals surface area contributed by atoms with Crippen molar-refractivity contribution in [3.63, 3.8) is 0 Å². The lowest BCUT2D eigenvalue weighted by molar-refractivity contribution is 0.0888. The van der Waals surface area contributed by atoms with Gasteiger partial charge in [-0.05, 0) is 24.6 Å². The van der Waals surface area contributed by atoms with Gasteiger partial charge in [0.05, 0.1) is 6.10 Å². The Balaban J connectivity index is 1.90. The van der Waals surface area contributed by atoms with Crippen LogP contribution in [0.25, 0.3) is 0 Å². The van der Waals surface area contributed by atoms with E-state index in [0.717, 1.165) is 5.56 Å². The summed E-state index contributed by atoms with van der Waals surface area (Å²) in [7, 11) is 0. The first-order valence-corrected chi connectivity index (χ1v) is 5.74. The van der Waals surface area contributed by atoms with Gasteiger partial charge >= 0.3 is 0 Å². The van der Waals surface area contributed by atoms with Gasteiger partial charge in [-0.3, -0.25) is 4.79 Å². The lowest BCUT2D eigenvalue weighted by Crippen LogP contribution is -2.28. The summed E-state index contributed by atoms with van der Waals surface area (Å²) < 4.78 is 5.19. The monoisotopic (exact) mass is 245 g/mol. The van der Waals surface area contributed by atoms with Crippen molar-refractivity contribution < 1.29 is 14.3 Å². The molecule has 0 aliphatic heterocycles. The number of furan rings is 1. The topological polar surface area (TPSA) is 62.5 Å². The van der Waals surface area contributed by atoms with E-state index in [2.05, 4.69) is 5.32 Å². The van der Waals surface area contributed by atoms with Crippen molar-refractivity contribution in [2.45, 2.75) is 13.0 Å². The highest BCUT2D eigenvalue weighted by atomic mass is 16.3. The van der Waals surface area contributed by atoms with Gasteiger partial charge < -0.3 is 14.8 Å². The predicted octanol–water partition coefficient (Wildman–Crippen LogP) is 2.05. The number of carbonyl (C=O) groups excluding carboxylic acids is 1. The lowest BCUT2D eigenvalue weighted by atomic mass is 10.1. The van der Waals surface area contributed by atoms with Crippen LogP contribution in [0, 0.1) is 6.92 Å². The first-order chi connectivity index (χ1) is 8.66. The van der Waals surface area contributed by atoms with Gasteiger partial charge in [-0.2, -0.15) is 0 Å². The van der Waals surface area contributed by atoms with E-state index in [4.69, 9.17) is 4.42 Å². The average Bonchev–Trinajstić information content (AvgIpc) is 2.83. The SMILES string of the molecule is Cc1ccc(C(=O)NCC(O)c2ccccc2)o1. The second-order valence-electron chi connectivity index (χ2n) is 4.05. The van der Waals surface area contributed by atoms with Crippen LogP contribution in [0.3, 0.4) is 0 Å². The highest BCUT2D eigenvalue weighted by Gasteiger charge is 2.12. The van der Waals surface area contributed by atoms with Crippen LogP contribution in [0.15, 0.2) is 46.9 Å². The van der Waals surface area contributed by atoms with E-state index in [9.17, 15) is 9.90 Å². The van der Waals surface area contributed by atoms with Gasteiger partial charge in [0, 0.05) is 6.54 Å². The maximum absolute atomic E-state index is 11.7. The van der Waals surface area contributed by atoms with Gasteiger partial charge in [0.2, 0.25) is 0 Å². The molecule has 1 amide bonds. The van der Waals surface area contributed by atoms with Crippen LogP contribution in [0.2, 0.25) is 0 Å². The molecule has 4 nitrogen and oxygen atoms in total. The first-order valence-electron chi connectivity index (χ1n) is 5.74. The Kier molecular flexibility index (Phi) is 3.79. The van der Waals surface area contributed by atoms with Gasteiger partial charge in [-0.25, -0.2) is 0 Å². The van der Waals surface area contributed by atoms with Crippen molar-refractivity contribution in [2.24, 2.45) is 0 Å². The third-order valence-corrected chi connectivity index (χ3v) is 2.60. The third kappa shape index (κ3) is 2.99. The Labute approximate surface area is 105 Å². The molecule has 1 heterocycles. The van der Waals surface area contributed by atoms with Crippen molar-refractivity contribution in [1.82, 2.24) is 5.32 Å². The fourth-order valence-electron chi connectivity index (χ4n) is 1.63. The smallest absolute Gasteiger partial charge is 0.287 e. The largest absolute Gasteiger partial charge is 0.456 e. The van der Waals surface area contributed by atoms with Crippen molar-refractivity contribution >= 4 is 5.91 Å². The minimum absolute atomic E-state index is 0.155. The highest BCUT2D eigenvalue weighted by Crippen LogP contribution is 2.11. The number of aliphatic hydroxyl groups is 1. The minimum atomic E-state index is -0.716. The number of carbonyl (C=O) groups is 1. The number of aliphatic hydroxyl groups excluding tert-OH is 1. The van der Waals surface area contributed by atoms with Crippen LogP contribution in [0.5, 0.6) is 0 Å². The molecule has 1 unspecified atom stereocenters. The number of benzene rings is 1. The number of hydrogen-bond donors (Lipinski definition) is 2. The molecule has 18 heavy (non-hydrogen) atoms. The molecule has 2 rings (SSSR count). The summed E-state index contributed by atoms with van der Waals surface area (Å²) in [4.78, 5) is 11.7. The molecule has 0 spiro atoms. The van der Waals surface area contributed by atoms with Crippen molar-refractivity contribution in [3.8, 4) is 0 Å². The molecular formula is C14H15NO3. The molecule has 1 aromatic carbocycles. The number of hydrogen-bond acceptors (Lipinski definition) is 3. The minimum Gasteiger partial charge on any atom is -0.456 e. The van der Waals surface area contributed by atoms with Crippen molar-refractivity contribution in [1.29, 1.82) is 0 Å². The lowest BCUT2D eigenvalue weighted by Gasteiger charge is -2.11. The van der Waals surface area contributed by atoms with Crippen LogP contribution in [-0.2, 0) is 0 Å². The van der Waals surface area contributed by atoms with Crippen molar-refractivity contribution in [3.05, 3.63) is 59.5 Å². The number of aryl methyl sites for hydroxylation is 1. The van der Waals surface area contributed by atoms with Crippen LogP contribution >= 0.6 is 0 Å². The molecule has 2 N–H and O–H groups in total. The zero-order valence-electron chi connectivity index (χ0n) is 10.1. The molecule has 0 bridgehead atoms. The van der Waals surface area contributed by atoms with Gasteiger partial charge in [-0.15, -0.1) is 0 Å². The molecule has 0 saturated carbocycles. The zero-order chi connectivity index (χ0) is 13.0. The predicted molar refractivity (Wildman–Crippen MR) is 67.2 cm³/mol. The molecular weight excluding hydrogens is 230 g/mol. The van der Waals surface area contributed by atoms with Crippen LogP contribution < -0.4 is 5.32 Å². The van der Waals surface area contributed by atoms with E-state index in [1.807, 2.05) is 30.3 Å². The van der Waals surface area contributed by atoms with Crippen LogP contribution in [0.4, 0.5) is 0 Å². The molecule has 0 fully saturated rings. The number of nitrogens with one attached hydrogen (secondary N) is 1. The van der Waals surface area contributed by atoms with E-state index < -0.39 is 6.10 Å². The first kappa shape index (κ1) is 12.4. The Bertz CT molecular complexity index is 519. The van der Waals surface area contributed by atoms with Crippen LogP contribution in [0.1, 0.15) is 28.0 Å². The summed E-state index contributed by atoms with van der Waals surface area (Å²) in [5.41, 5.74) is 0.772. The molecule has 94 valence electrons. The Morgan fingerprint density at radius 2 is 2.00 bits per heavy atom. The fourth-order valence-corrected chi connectivity index (χ4v) is 1.63. The van der Waals surface area contributed by atoms with Gasteiger partial charge in [0.25, 0.3) is 5.91 Å². The number of amides is 1. The molecule has 0 saturated heterocycles. The maximum Gasteiger partial charge on any atom is 0.287 e. The second-order valence-corrected chi connectivity index (χ2v) is 4.05. The Hall–Kier alpha value is -2.07. The summed E-state index contributed by atoms with van der Waals surface area (Å²) in [6, 6.07) is 12.5. The van der Waals surface area contributed by atoms with Crippen LogP contribution in [-0.4, -0.2) is 17.6 Å². The van der Waals surface area contributed by atoms with Gasteiger partial charge in [0.15, 0.2) is 5.76 Å². The van der Waals surface area contributed by atoms with Crippen molar-refractivity contribution in [2.75, 3.05) is 6.54 Å². The summed E-state index contributed by atoms with van der Waals surface area (Å²) in [5.74, 6) is 0.620. The van der Waals surface area contributed by atoms with E-state index in [1.54, 1.807) is 19.1 Å². The summed E-state index contributed by atoms with van der Waals surface area (Å²) >= 11 is 0. The highest BCUT2D eigenvalue weighted by molar-refractivity contribution is 5.91. The van der Waals surface area contributed by atoms with E-state index in [-0.39, 0.29) is 18.2 Å². The average molecular weight is 245 g/mol. The van der Waals surface area contributed by atoms with Gasteiger partial charge in [0.1, 0.15) is 5.76 Å². The molecule has 1 atom stereocenters. The zero-order valence-corrected chi connectivity index (χ0v) is 10.1. The maximum atomic E-state index is 11.7. The standard InChI is InChI=1S/C14H15NO3/c1-10-7-8-13(18-10)14(17)15-9-12(16)11-5-3-2-4-6-11/h2-8,12,16H,9H2,1H3,(H,15,17). The summed E-state index contributed by atoms with van der Waals surface area (Å²) in [6.07, 6.45) is -0.716. The van der Waals surface area contributed by atoms with E-state index in [1.165, 1.54) is 0 Å². The normalized spacial score (nSPS) is 12.1. The van der Waals surface area contributed by atoms with E-state index >= 15 is 0 Å². The fraction of sp³-hybridized carbons (Fsp3) is 0.214. The van der Waals surface area contributed by atoms with Gasteiger partial charge in [-0.1, -0.05) is 30.3 Å². The molecule has 2 aromatic rings. The molecule has 0 aliphatic rings.